The molecule has 0 aliphatic carbocycles. The van der Waals surface area contributed by atoms with Crippen LogP contribution in [0.5, 0.6) is 0 Å². The third kappa shape index (κ3) is 1.78. The SMILES string of the molecule is CCOC(=O)[C@@H]1CNC(=O)c2ccccc21. The third-order valence-electron chi connectivity index (χ3n) is 2.62. The maximum absolute atomic E-state index is 11.7. The number of amides is 1. The van der Waals surface area contributed by atoms with E-state index >= 15 is 0 Å². The van der Waals surface area contributed by atoms with E-state index in [1.807, 2.05) is 6.07 Å². The van der Waals surface area contributed by atoms with Crippen LogP contribution in [0.15, 0.2) is 24.3 Å². The number of rotatable bonds is 2. The fraction of sp³-hybridized carbons (Fsp3) is 0.333. The average molecular weight is 219 g/mol. The molecule has 0 unspecified atom stereocenters. The van der Waals surface area contributed by atoms with E-state index in [2.05, 4.69) is 5.32 Å². The maximum Gasteiger partial charge on any atom is 0.315 e. The van der Waals surface area contributed by atoms with Crippen molar-refractivity contribution in [2.75, 3.05) is 13.2 Å². The monoisotopic (exact) mass is 219 g/mol. The molecule has 0 bridgehead atoms. The number of esters is 1. The molecule has 0 radical (unpaired) electrons. The first-order valence-electron chi connectivity index (χ1n) is 5.27. The molecule has 16 heavy (non-hydrogen) atoms. The fourth-order valence-corrected chi connectivity index (χ4v) is 1.86. The Morgan fingerprint density at radius 1 is 1.50 bits per heavy atom. The third-order valence-corrected chi connectivity index (χ3v) is 2.62. The molecule has 2 rings (SSSR count). The highest BCUT2D eigenvalue weighted by Gasteiger charge is 2.30. The van der Waals surface area contributed by atoms with Crippen LogP contribution >= 0.6 is 0 Å². The zero-order valence-corrected chi connectivity index (χ0v) is 9.03. The number of ether oxygens (including phenoxy) is 1. The molecular formula is C12H13NO3. The number of nitrogens with one attached hydrogen (secondary N) is 1. The summed E-state index contributed by atoms with van der Waals surface area (Å²) in [7, 11) is 0. The Morgan fingerprint density at radius 3 is 3.00 bits per heavy atom. The summed E-state index contributed by atoms with van der Waals surface area (Å²) >= 11 is 0. The summed E-state index contributed by atoms with van der Waals surface area (Å²) in [6.45, 7) is 2.44. The van der Waals surface area contributed by atoms with Crippen molar-refractivity contribution in [1.29, 1.82) is 0 Å². The Hall–Kier alpha value is -1.84. The second-order valence-corrected chi connectivity index (χ2v) is 3.60. The summed E-state index contributed by atoms with van der Waals surface area (Å²) in [6, 6.07) is 7.13. The van der Waals surface area contributed by atoms with Gasteiger partial charge in [-0.2, -0.15) is 0 Å². The van der Waals surface area contributed by atoms with Crippen LogP contribution in [0, 0.1) is 0 Å². The standard InChI is InChI=1S/C12H13NO3/c1-2-16-12(15)10-7-13-11(14)9-6-4-3-5-8(9)10/h3-6,10H,2,7H2,1H3,(H,13,14)/t10-/m1/s1. The minimum Gasteiger partial charge on any atom is -0.465 e. The first-order chi connectivity index (χ1) is 7.74. The van der Waals surface area contributed by atoms with Crippen molar-refractivity contribution in [2.24, 2.45) is 0 Å². The molecule has 1 aromatic rings. The first-order valence-corrected chi connectivity index (χ1v) is 5.27. The van der Waals surface area contributed by atoms with E-state index in [0.29, 0.717) is 18.7 Å². The van der Waals surface area contributed by atoms with Gasteiger partial charge in [0.2, 0.25) is 0 Å². The Bertz CT molecular complexity index is 428. The van der Waals surface area contributed by atoms with Crippen molar-refractivity contribution >= 4 is 11.9 Å². The highest BCUT2D eigenvalue weighted by Crippen LogP contribution is 2.24. The van der Waals surface area contributed by atoms with Crippen LogP contribution in [-0.4, -0.2) is 25.0 Å². The molecule has 1 atom stereocenters. The van der Waals surface area contributed by atoms with Crippen LogP contribution in [0.2, 0.25) is 0 Å². The first kappa shape index (κ1) is 10.7. The van der Waals surface area contributed by atoms with Crippen molar-refractivity contribution in [3.05, 3.63) is 35.4 Å². The van der Waals surface area contributed by atoms with Gasteiger partial charge in [0.25, 0.3) is 5.91 Å². The highest BCUT2D eigenvalue weighted by molar-refractivity contribution is 5.99. The van der Waals surface area contributed by atoms with Crippen LogP contribution in [-0.2, 0) is 9.53 Å². The van der Waals surface area contributed by atoms with E-state index in [-0.39, 0.29) is 17.8 Å². The van der Waals surface area contributed by atoms with Crippen LogP contribution < -0.4 is 5.32 Å². The molecular weight excluding hydrogens is 206 g/mol. The topological polar surface area (TPSA) is 55.4 Å². The van der Waals surface area contributed by atoms with Crippen molar-refractivity contribution in [3.8, 4) is 0 Å². The average Bonchev–Trinajstić information content (AvgIpc) is 2.30. The number of carbonyl (C=O) groups is 2. The fourth-order valence-electron chi connectivity index (χ4n) is 1.86. The molecule has 84 valence electrons. The summed E-state index contributed by atoms with van der Waals surface area (Å²) in [6.07, 6.45) is 0. The summed E-state index contributed by atoms with van der Waals surface area (Å²) in [4.78, 5) is 23.2. The van der Waals surface area contributed by atoms with Gasteiger partial charge in [-0.05, 0) is 18.6 Å². The van der Waals surface area contributed by atoms with Gasteiger partial charge < -0.3 is 10.1 Å². The number of hydrogen-bond acceptors (Lipinski definition) is 3. The maximum atomic E-state index is 11.7. The normalized spacial score (nSPS) is 18.6. The Kier molecular flexibility index (Phi) is 2.90. The zero-order chi connectivity index (χ0) is 11.5. The van der Waals surface area contributed by atoms with Gasteiger partial charge in [0.15, 0.2) is 0 Å². The van der Waals surface area contributed by atoms with Crippen molar-refractivity contribution in [2.45, 2.75) is 12.8 Å². The number of benzene rings is 1. The molecule has 0 saturated heterocycles. The van der Waals surface area contributed by atoms with E-state index < -0.39 is 0 Å². The second kappa shape index (κ2) is 4.35. The van der Waals surface area contributed by atoms with Crippen LogP contribution in [0.4, 0.5) is 0 Å². The van der Waals surface area contributed by atoms with Crippen molar-refractivity contribution in [3.63, 3.8) is 0 Å². The van der Waals surface area contributed by atoms with Gasteiger partial charge in [-0.25, -0.2) is 0 Å². The van der Waals surface area contributed by atoms with Crippen LogP contribution in [0.25, 0.3) is 0 Å². The largest absolute Gasteiger partial charge is 0.465 e. The van der Waals surface area contributed by atoms with Gasteiger partial charge in [0, 0.05) is 12.1 Å². The van der Waals surface area contributed by atoms with Gasteiger partial charge in [-0.3, -0.25) is 9.59 Å². The van der Waals surface area contributed by atoms with Gasteiger partial charge >= 0.3 is 5.97 Å². The summed E-state index contributed by atoms with van der Waals surface area (Å²) in [5, 5.41) is 2.69. The van der Waals surface area contributed by atoms with Crippen molar-refractivity contribution < 1.29 is 14.3 Å². The number of carbonyl (C=O) groups excluding carboxylic acids is 2. The smallest absolute Gasteiger partial charge is 0.315 e. The van der Waals surface area contributed by atoms with Crippen LogP contribution in [0.3, 0.4) is 0 Å². The molecule has 1 amide bonds. The van der Waals surface area contributed by atoms with Crippen LogP contribution in [0.1, 0.15) is 28.8 Å². The minimum atomic E-state index is -0.381. The van der Waals surface area contributed by atoms with E-state index in [4.69, 9.17) is 4.74 Å². The van der Waals surface area contributed by atoms with Gasteiger partial charge in [-0.1, -0.05) is 18.2 Å². The Labute approximate surface area is 93.6 Å². The minimum absolute atomic E-state index is 0.129. The van der Waals surface area contributed by atoms with Gasteiger partial charge in [0.05, 0.1) is 12.5 Å². The lowest BCUT2D eigenvalue weighted by molar-refractivity contribution is -0.144. The summed E-state index contributed by atoms with van der Waals surface area (Å²) in [5.74, 6) is -0.792. The van der Waals surface area contributed by atoms with Crippen molar-refractivity contribution in [1.82, 2.24) is 5.32 Å². The predicted octanol–water partition coefficient (Wildman–Crippen LogP) is 1.08. The van der Waals surface area contributed by atoms with Gasteiger partial charge in [-0.15, -0.1) is 0 Å². The molecule has 0 aromatic heterocycles. The number of hydrogen-bond donors (Lipinski definition) is 1. The molecule has 1 aromatic carbocycles. The number of fused-ring (bicyclic) bond motifs is 1. The molecule has 4 nitrogen and oxygen atoms in total. The molecule has 1 heterocycles. The van der Waals surface area contributed by atoms with E-state index in [1.54, 1.807) is 25.1 Å². The second-order valence-electron chi connectivity index (χ2n) is 3.60. The Balaban J connectivity index is 2.34. The van der Waals surface area contributed by atoms with E-state index in [1.165, 1.54) is 0 Å². The molecule has 0 saturated carbocycles. The predicted molar refractivity (Wildman–Crippen MR) is 58.1 cm³/mol. The molecule has 1 aliphatic rings. The Morgan fingerprint density at radius 2 is 2.25 bits per heavy atom. The summed E-state index contributed by atoms with van der Waals surface area (Å²) in [5.41, 5.74) is 1.32. The molecule has 0 fully saturated rings. The summed E-state index contributed by atoms with van der Waals surface area (Å²) < 4.78 is 4.98. The molecule has 1 N–H and O–H groups in total. The zero-order valence-electron chi connectivity index (χ0n) is 9.03. The lowest BCUT2D eigenvalue weighted by Crippen LogP contribution is -2.38. The quantitative estimate of drug-likeness (QED) is 0.757. The lowest BCUT2D eigenvalue weighted by atomic mass is 9.90. The lowest BCUT2D eigenvalue weighted by Gasteiger charge is -2.23. The van der Waals surface area contributed by atoms with E-state index in [0.717, 1.165) is 5.56 Å². The van der Waals surface area contributed by atoms with Gasteiger partial charge in [0.1, 0.15) is 0 Å². The highest BCUT2D eigenvalue weighted by atomic mass is 16.5. The molecule has 4 heteroatoms. The van der Waals surface area contributed by atoms with E-state index in [9.17, 15) is 9.59 Å². The molecule has 0 spiro atoms. The molecule has 1 aliphatic heterocycles.